The fourth-order valence-corrected chi connectivity index (χ4v) is 5.96. The molecule has 5 atom stereocenters. The Labute approximate surface area is 282 Å². The molecule has 3 N–H and O–H groups in total. The Bertz CT molecular complexity index is 1580. The van der Waals surface area contributed by atoms with E-state index in [1.54, 1.807) is 0 Å². The first-order valence-corrected chi connectivity index (χ1v) is 16.3. The summed E-state index contributed by atoms with van der Waals surface area (Å²) < 4.78 is 18.1. The molecule has 1 fully saturated rings. The van der Waals surface area contributed by atoms with Crippen molar-refractivity contribution in [2.45, 2.75) is 57.6 Å². The Morgan fingerprint density at radius 2 is 1.42 bits per heavy atom. The topological polar surface area (TPSA) is 109 Å². The number of methoxy groups -OCH3 is 1. The molecule has 0 saturated carbocycles. The lowest BCUT2D eigenvalue weighted by Crippen LogP contribution is -2.47. The minimum atomic E-state index is -0.810. The van der Waals surface area contributed by atoms with Crippen LogP contribution < -0.4 is 10.6 Å². The first-order chi connectivity index (χ1) is 23.3. The number of nitrogens with one attached hydrogen (secondary N) is 2. The van der Waals surface area contributed by atoms with E-state index in [1.165, 1.54) is 12.7 Å². The van der Waals surface area contributed by atoms with Crippen LogP contribution in [0.15, 0.2) is 109 Å². The Balaban J connectivity index is 1.24. The molecule has 4 aromatic carbocycles. The second-order valence-corrected chi connectivity index (χ2v) is 12.3. The van der Waals surface area contributed by atoms with Crippen LogP contribution in [0.4, 0.5) is 4.79 Å². The average molecular weight is 652 g/mol. The molecule has 1 heterocycles. The van der Waals surface area contributed by atoms with Gasteiger partial charge in [0.2, 0.25) is 0 Å². The number of carbonyl (C=O) groups is 2. The van der Waals surface area contributed by atoms with Gasteiger partial charge in [0.05, 0.1) is 25.9 Å². The monoisotopic (exact) mass is 651 g/mol. The summed E-state index contributed by atoms with van der Waals surface area (Å²) >= 11 is 0. The molecule has 2 amide bonds. The largest absolute Gasteiger partial charge is 0.467 e. The number of urea groups is 1. The third-order valence-corrected chi connectivity index (χ3v) is 8.69. The van der Waals surface area contributed by atoms with E-state index < -0.39 is 24.3 Å². The molecule has 1 saturated heterocycles. The van der Waals surface area contributed by atoms with Crippen molar-refractivity contribution in [2.75, 3.05) is 20.7 Å². The molecular weight excluding hydrogens is 606 g/mol. The van der Waals surface area contributed by atoms with Gasteiger partial charge in [-0.1, -0.05) is 116 Å². The van der Waals surface area contributed by atoms with Gasteiger partial charge in [0.1, 0.15) is 6.04 Å². The molecule has 252 valence electrons. The van der Waals surface area contributed by atoms with Crippen molar-refractivity contribution >= 4 is 12.0 Å². The van der Waals surface area contributed by atoms with Gasteiger partial charge in [0.15, 0.2) is 6.29 Å². The zero-order chi connectivity index (χ0) is 33.9. The number of benzene rings is 4. The van der Waals surface area contributed by atoms with Crippen molar-refractivity contribution in [3.63, 3.8) is 0 Å². The highest BCUT2D eigenvalue weighted by Crippen LogP contribution is 2.42. The normalized spacial score (nSPS) is 19.8. The van der Waals surface area contributed by atoms with E-state index in [-0.39, 0.29) is 31.3 Å². The highest BCUT2D eigenvalue weighted by molar-refractivity contribution is 5.83. The predicted molar refractivity (Wildman–Crippen MR) is 184 cm³/mol. The Hall–Kier alpha value is -4.54. The van der Waals surface area contributed by atoms with Gasteiger partial charge in [-0.25, -0.2) is 9.59 Å². The standard InChI is InChI=1S/C39H45N3O6/c1-27-35(25-42(2)24-30-12-8-5-9-13-30)47-38(48-36(27)32-18-16-31(26-43)17-19-32)33-20-14-29(15-21-33)23-40-39(45)41-34(37(44)46-3)22-28-10-6-4-7-11-28/h4-21,27,34-36,38,43H,22-26H2,1-3H3,(H2,40,41,45)/t27-,34-,35+,36+,38+/m0/s1. The van der Waals surface area contributed by atoms with Crippen LogP contribution >= 0.6 is 0 Å². The van der Waals surface area contributed by atoms with Gasteiger partial charge in [0, 0.05) is 37.5 Å². The van der Waals surface area contributed by atoms with Gasteiger partial charge in [-0.15, -0.1) is 0 Å². The summed E-state index contributed by atoms with van der Waals surface area (Å²) in [5, 5.41) is 15.1. The molecule has 0 aromatic heterocycles. The van der Waals surface area contributed by atoms with Crippen LogP contribution in [-0.4, -0.2) is 54.9 Å². The summed E-state index contributed by atoms with van der Waals surface area (Å²) in [6.45, 7) is 3.93. The summed E-state index contributed by atoms with van der Waals surface area (Å²) in [6, 6.07) is 34.3. The summed E-state index contributed by atoms with van der Waals surface area (Å²) in [4.78, 5) is 27.4. The fourth-order valence-electron chi connectivity index (χ4n) is 5.96. The van der Waals surface area contributed by atoms with Crippen molar-refractivity contribution in [2.24, 2.45) is 5.92 Å². The van der Waals surface area contributed by atoms with Crippen LogP contribution in [-0.2, 0) is 45.1 Å². The van der Waals surface area contributed by atoms with Crippen molar-refractivity contribution in [3.05, 3.63) is 143 Å². The molecule has 0 radical (unpaired) electrons. The van der Waals surface area contributed by atoms with Gasteiger partial charge in [0.25, 0.3) is 0 Å². The van der Waals surface area contributed by atoms with E-state index in [4.69, 9.17) is 14.2 Å². The summed E-state index contributed by atoms with van der Waals surface area (Å²) in [6.07, 6.45) is -0.590. The Kier molecular flexibility index (Phi) is 12.3. The predicted octanol–water partition coefficient (Wildman–Crippen LogP) is 5.69. The molecule has 0 spiro atoms. The first-order valence-electron chi connectivity index (χ1n) is 16.3. The Morgan fingerprint density at radius 1 is 0.812 bits per heavy atom. The van der Waals surface area contributed by atoms with E-state index in [9.17, 15) is 14.7 Å². The lowest BCUT2D eigenvalue weighted by molar-refractivity contribution is -0.276. The number of aliphatic hydroxyl groups is 1. The third-order valence-electron chi connectivity index (χ3n) is 8.69. The van der Waals surface area contributed by atoms with E-state index in [0.29, 0.717) is 6.42 Å². The maximum absolute atomic E-state index is 12.7. The number of amides is 2. The number of hydrogen-bond donors (Lipinski definition) is 3. The Morgan fingerprint density at radius 3 is 2.04 bits per heavy atom. The second-order valence-electron chi connectivity index (χ2n) is 12.3. The number of hydrogen-bond acceptors (Lipinski definition) is 7. The quantitative estimate of drug-likeness (QED) is 0.160. The minimum absolute atomic E-state index is 0.0115. The van der Waals surface area contributed by atoms with Crippen molar-refractivity contribution in [1.29, 1.82) is 0 Å². The van der Waals surface area contributed by atoms with E-state index >= 15 is 0 Å². The number of ether oxygens (including phenoxy) is 3. The van der Waals surface area contributed by atoms with Gasteiger partial charge in [-0.3, -0.25) is 4.90 Å². The van der Waals surface area contributed by atoms with Gasteiger partial charge in [-0.05, 0) is 34.9 Å². The molecule has 9 nitrogen and oxygen atoms in total. The molecular formula is C39H45N3O6. The van der Waals surface area contributed by atoms with Crippen LogP contribution in [0.1, 0.15) is 52.7 Å². The zero-order valence-electron chi connectivity index (χ0n) is 27.8. The number of nitrogens with zero attached hydrogens (tertiary/aromatic N) is 1. The van der Waals surface area contributed by atoms with Crippen LogP contribution in [0.3, 0.4) is 0 Å². The van der Waals surface area contributed by atoms with Crippen molar-refractivity contribution in [1.82, 2.24) is 15.5 Å². The van der Waals surface area contributed by atoms with E-state index in [0.717, 1.165) is 40.9 Å². The fraction of sp³-hybridized carbons (Fsp3) is 0.333. The number of carbonyl (C=O) groups excluding carboxylic acids is 2. The maximum atomic E-state index is 12.7. The number of aliphatic hydroxyl groups excluding tert-OH is 1. The number of rotatable bonds is 13. The molecule has 0 bridgehead atoms. The molecule has 9 heteroatoms. The number of likely N-dealkylation sites (N-methyl/N-ethyl adjacent to an activating group) is 1. The third kappa shape index (κ3) is 9.51. The lowest BCUT2D eigenvalue weighted by Gasteiger charge is -2.42. The van der Waals surface area contributed by atoms with Crippen molar-refractivity contribution < 1.29 is 28.9 Å². The van der Waals surface area contributed by atoms with Gasteiger partial charge >= 0.3 is 12.0 Å². The van der Waals surface area contributed by atoms with Gasteiger partial charge < -0.3 is 30.0 Å². The highest BCUT2D eigenvalue weighted by Gasteiger charge is 2.38. The molecule has 0 unspecified atom stereocenters. The highest BCUT2D eigenvalue weighted by atomic mass is 16.7. The van der Waals surface area contributed by atoms with Crippen molar-refractivity contribution in [3.8, 4) is 0 Å². The van der Waals surface area contributed by atoms with E-state index in [1.807, 2.05) is 84.9 Å². The van der Waals surface area contributed by atoms with Crippen LogP contribution in [0, 0.1) is 5.92 Å². The average Bonchev–Trinajstić information content (AvgIpc) is 3.12. The first kappa shape index (κ1) is 34.8. The molecule has 5 rings (SSSR count). The molecule has 0 aliphatic carbocycles. The van der Waals surface area contributed by atoms with E-state index in [2.05, 4.69) is 53.8 Å². The maximum Gasteiger partial charge on any atom is 0.328 e. The van der Waals surface area contributed by atoms with Crippen LogP contribution in [0.5, 0.6) is 0 Å². The summed E-state index contributed by atoms with van der Waals surface area (Å²) in [5.74, 6) is -0.440. The molecule has 1 aliphatic rings. The second kappa shape index (κ2) is 17.0. The van der Waals surface area contributed by atoms with Gasteiger partial charge in [-0.2, -0.15) is 0 Å². The zero-order valence-corrected chi connectivity index (χ0v) is 27.8. The lowest BCUT2D eigenvalue weighted by atomic mass is 9.90. The minimum Gasteiger partial charge on any atom is -0.467 e. The molecule has 4 aromatic rings. The smallest absolute Gasteiger partial charge is 0.328 e. The SMILES string of the molecule is COC(=O)[C@H](Cc1ccccc1)NC(=O)NCc1ccc([C@@H]2O[C@H](CN(C)Cc3ccccc3)[C@H](C)[C@H](c3ccc(CO)cc3)O2)cc1. The summed E-state index contributed by atoms with van der Waals surface area (Å²) in [7, 11) is 3.41. The molecule has 1 aliphatic heterocycles. The van der Waals surface area contributed by atoms with Crippen LogP contribution in [0.2, 0.25) is 0 Å². The van der Waals surface area contributed by atoms with Crippen LogP contribution in [0.25, 0.3) is 0 Å². The molecule has 48 heavy (non-hydrogen) atoms. The summed E-state index contributed by atoms with van der Waals surface area (Å²) in [5.41, 5.74) is 5.79. The number of esters is 1.